The minimum absolute atomic E-state index is 0. The maximum Gasteiger partial charge on any atom is 0.176 e. The van der Waals surface area contributed by atoms with Gasteiger partial charge in [-0.15, -0.1) is 17.0 Å². The zero-order chi connectivity index (χ0) is 15.0. The fraction of sp³-hybridized carbons (Fsp3) is 0.250. The van der Waals surface area contributed by atoms with Crippen LogP contribution in [0.4, 0.5) is 0 Å². The third-order valence-electron chi connectivity index (χ3n) is 3.93. The zero-order valence-electron chi connectivity index (χ0n) is 11.7. The fourth-order valence-corrected chi connectivity index (χ4v) is 3.12. The Balaban J connectivity index is 0.00000176. The maximum atomic E-state index is 9.86. The topological polar surface area (TPSA) is 72.7 Å². The minimum atomic E-state index is -0.262. The van der Waals surface area contributed by atoms with Crippen LogP contribution in [0.25, 0.3) is 0 Å². The van der Waals surface area contributed by atoms with Crippen LogP contribution in [-0.2, 0) is 6.42 Å². The van der Waals surface area contributed by atoms with Gasteiger partial charge in [0.1, 0.15) is 5.75 Å². The molecule has 2 aromatic rings. The highest BCUT2D eigenvalue weighted by molar-refractivity contribution is 8.93. The van der Waals surface area contributed by atoms with Crippen molar-refractivity contribution in [2.24, 2.45) is 0 Å². The molecule has 0 saturated carbocycles. The molecule has 0 radical (unpaired) electrons. The van der Waals surface area contributed by atoms with E-state index < -0.39 is 0 Å². The lowest BCUT2D eigenvalue weighted by Crippen LogP contribution is -2.20. The molecule has 0 unspecified atom stereocenters. The predicted octanol–water partition coefficient (Wildman–Crippen LogP) is 3.31. The second-order valence-corrected chi connectivity index (χ2v) is 5.60. The molecule has 0 saturated heterocycles. The van der Waals surface area contributed by atoms with Crippen LogP contribution >= 0.6 is 28.6 Å². The van der Waals surface area contributed by atoms with Crippen molar-refractivity contribution < 1.29 is 15.3 Å². The number of hydrogen-bond acceptors (Lipinski definition) is 4. The SMILES string of the molecule is Br.Oc1ccc([C@H]2CNCCc3c2cc(O)c(O)c3Cl)cc1. The molecular formula is C16H17BrClNO3. The average molecular weight is 387 g/mol. The Labute approximate surface area is 144 Å². The Morgan fingerprint density at radius 3 is 2.45 bits per heavy atom. The number of halogens is 2. The van der Waals surface area contributed by atoms with Gasteiger partial charge in [0.2, 0.25) is 0 Å². The summed E-state index contributed by atoms with van der Waals surface area (Å²) in [7, 11) is 0. The maximum absolute atomic E-state index is 9.86. The molecule has 118 valence electrons. The largest absolute Gasteiger partial charge is 0.508 e. The molecule has 0 aliphatic carbocycles. The Bertz CT molecular complexity index is 676. The van der Waals surface area contributed by atoms with Crippen molar-refractivity contribution in [1.82, 2.24) is 5.32 Å². The van der Waals surface area contributed by atoms with Crippen molar-refractivity contribution in [3.05, 3.63) is 52.0 Å². The number of aromatic hydroxyl groups is 3. The van der Waals surface area contributed by atoms with E-state index in [4.69, 9.17) is 11.6 Å². The van der Waals surface area contributed by atoms with Gasteiger partial charge in [-0.1, -0.05) is 23.7 Å². The summed E-state index contributed by atoms with van der Waals surface area (Å²) in [6.07, 6.45) is 0.691. The first-order chi connectivity index (χ1) is 10.1. The van der Waals surface area contributed by atoms with Crippen LogP contribution in [0.1, 0.15) is 22.6 Å². The Hall–Kier alpha value is -1.43. The van der Waals surface area contributed by atoms with E-state index in [0.29, 0.717) is 13.0 Å². The third kappa shape index (κ3) is 3.02. The first-order valence-electron chi connectivity index (χ1n) is 6.80. The van der Waals surface area contributed by atoms with E-state index in [-0.39, 0.29) is 45.2 Å². The second-order valence-electron chi connectivity index (χ2n) is 5.22. The third-order valence-corrected chi connectivity index (χ3v) is 4.33. The molecule has 0 amide bonds. The monoisotopic (exact) mass is 385 g/mol. The summed E-state index contributed by atoms with van der Waals surface area (Å²) in [5, 5.41) is 32.7. The van der Waals surface area contributed by atoms with Crippen molar-refractivity contribution in [1.29, 1.82) is 0 Å². The van der Waals surface area contributed by atoms with Crippen molar-refractivity contribution in [2.45, 2.75) is 12.3 Å². The second kappa shape index (κ2) is 6.77. The molecule has 4 N–H and O–H groups in total. The van der Waals surface area contributed by atoms with Gasteiger partial charge in [-0.2, -0.15) is 0 Å². The summed E-state index contributed by atoms with van der Waals surface area (Å²) >= 11 is 6.19. The zero-order valence-corrected chi connectivity index (χ0v) is 14.2. The van der Waals surface area contributed by atoms with Gasteiger partial charge in [0, 0.05) is 12.5 Å². The Kier molecular flexibility index (Phi) is 5.21. The quantitative estimate of drug-likeness (QED) is 0.567. The van der Waals surface area contributed by atoms with Crippen LogP contribution in [0, 0.1) is 0 Å². The lowest BCUT2D eigenvalue weighted by molar-refractivity contribution is 0.402. The number of hydrogen-bond donors (Lipinski definition) is 4. The molecule has 1 atom stereocenters. The summed E-state index contributed by atoms with van der Waals surface area (Å²) in [6.45, 7) is 1.46. The van der Waals surface area contributed by atoms with Gasteiger partial charge in [0.15, 0.2) is 11.5 Å². The fourth-order valence-electron chi connectivity index (χ4n) is 2.82. The Morgan fingerprint density at radius 2 is 1.77 bits per heavy atom. The van der Waals surface area contributed by atoms with E-state index in [1.54, 1.807) is 18.2 Å². The van der Waals surface area contributed by atoms with Crippen molar-refractivity contribution >= 4 is 28.6 Å². The average Bonchev–Trinajstić information content (AvgIpc) is 2.68. The summed E-state index contributed by atoms with van der Waals surface area (Å²) in [6, 6.07) is 8.58. The molecule has 1 heterocycles. The van der Waals surface area contributed by atoms with E-state index in [2.05, 4.69) is 5.32 Å². The van der Waals surface area contributed by atoms with Crippen molar-refractivity contribution in [3.63, 3.8) is 0 Å². The van der Waals surface area contributed by atoms with Gasteiger partial charge in [-0.25, -0.2) is 0 Å². The first kappa shape index (κ1) is 16.9. The van der Waals surface area contributed by atoms with Gasteiger partial charge in [-0.05, 0) is 47.9 Å². The van der Waals surface area contributed by atoms with Crippen LogP contribution < -0.4 is 5.32 Å². The first-order valence-corrected chi connectivity index (χ1v) is 7.18. The van der Waals surface area contributed by atoms with Gasteiger partial charge in [-0.3, -0.25) is 0 Å². The van der Waals surface area contributed by atoms with Crippen molar-refractivity contribution in [2.75, 3.05) is 13.1 Å². The van der Waals surface area contributed by atoms with Crippen LogP contribution in [0.3, 0.4) is 0 Å². The summed E-state index contributed by atoms with van der Waals surface area (Å²) in [5.74, 6) is -0.245. The minimum Gasteiger partial charge on any atom is -0.508 e. The molecule has 1 aliphatic rings. The van der Waals surface area contributed by atoms with Crippen molar-refractivity contribution in [3.8, 4) is 17.2 Å². The molecule has 3 rings (SSSR count). The summed E-state index contributed by atoms with van der Waals surface area (Å²) in [5.41, 5.74) is 2.78. The van der Waals surface area contributed by atoms with Gasteiger partial charge in [0.05, 0.1) is 5.02 Å². The molecule has 6 heteroatoms. The lowest BCUT2D eigenvalue weighted by Gasteiger charge is -2.20. The van der Waals surface area contributed by atoms with E-state index >= 15 is 0 Å². The van der Waals surface area contributed by atoms with E-state index in [0.717, 1.165) is 23.2 Å². The highest BCUT2D eigenvalue weighted by Gasteiger charge is 2.25. The Morgan fingerprint density at radius 1 is 1.09 bits per heavy atom. The van der Waals surface area contributed by atoms with Crippen LogP contribution in [0.5, 0.6) is 17.2 Å². The molecule has 22 heavy (non-hydrogen) atoms. The summed E-state index contributed by atoms with van der Waals surface area (Å²) in [4.78, 5) is 0. The highest BCUT2D eigenvalue weighted by Crippen LogP contribution is 2.42. The molecule has 0 fully saturated rings. The summed E-state index contributed by atoms with van der Waals surface area (Å²) < 4.78 is 0. The molecule has 2 aromatic carbocycles. The van der Waals surface area contributed by atoms with Gasteiger partial charge in [0.25, 0.3) is 0 Å². The molecule has 1 aliphatic heterocycles. The van der Waals surface area contributed by atoms with Gasteiger partial charge >= 0.3 is 0 Å². The number of nitrogens with one attached hydrogen (secondary N) is 1. The van der Waals surface area contributed by atoms with Crippen LogP contribution in [-0.4, -0.2) is 28.4 Å². The van der Waals surface area contributed by atoms with Crippen LogP contribution in [0.15, 0.2) is 30.3 Å². The van der Waals surface area contributed by atoms with E-state index in [1.165, 1.54) is 0 Å². The molecular weight excluding hydrogens is 370 g/mol. The smallest absolute Gasteiger partial charge is 0.176 e. The molecule has 0 spiro atoms. The molecule has 0 aromatic heterocycles. The normalized spacial score (nSPS) is 17.2. The molecule has 4 nitrogen and oxygen atoms in total. The predicted molar refractivity (Wildman–Crippen MR) is 91.6 cm³/mol. The molecule has 0 bridgehead atoms. The lowest BCUT2D eigenvalue weighted by atomic mass is 9.87. The van der Waals surface area contributed by atoms with Gasteiger partial charge < -0.3 is 20.6 Å². The number of phenolic OH excluding ortho intramolecular Hbond substituents is 3. The number of rotatable bonds is 1. The van der Waals surface area contributed by atoms with E-state index in [1.807, 2.05) is 12.1 Å². The van der Waals surface area contributed by atoms with Crippen LogP contribution in [0.2, 0.25) is 5.02 Å². The number of phenols is 3. The number of benzene rings is 2. The highest BCUT2D eigenvalue weighted by atomic mass is 79.9. The standard InChI is InChI=1S/C16H16ClNO3.BrH/c17-15-11-5-6-18-8-13(9-1-3-10(19)4-2-9)12(11)7-14(20)16(15)21;/h1-4,7,13,18-21H,5-6,8H2;1H/t13-;/m1./s1. The number of fused-ring (bicyclic) bond motifs is 1. The van der Waals surface area contributed by atoms with E-state index in [9.17, 15) is 15.3 Å².